The minimum Gasteiger partial charge on any atom is -1.00 e. The maximum absolute atomic E-state index is 11.4. The number of esters is 1. The summed E-state index contributed by atoms with van der Waals surface area (Å²) < 4.78 is 4.89. The molecule has 3 aromatic carbocycles. The quantitative estimate of drug-likeness (QED) is 0.192. The summed E-state index contributed by atoms with van der Waals surface area (Å²) in [6.45, 7) is 2.18. The molecule has 0 radical (unpaired) electrons. The van der Waals surface area contributed by atoms with Gasteiger partial charge in [-0.15, -0.1) is 0 Å². The highest BCUT2D eigenvalue weighted by molar-refractivity contribution is 7.95. The Morgan fingerprint density at radius 2 is 1.16 bits per heavy atom. The first-order valence-electron chi connectivity index (χ1n) is 10.5. The van der Waals surface area contributed by atoms with Crippen molar-refractivity contribution in [1.82, 2.24) is 0 Å². The molecule has 0 aromatic heterocycles. The van der Waals surface area contributed by atoms with Crippen molar-refractivity contribution in [3.63, 3.8) is 0 Å². The molecule has 0 aliphatic carbocycles. The van der Waals surface area contributed by atoms with Gasteiger partial charge in [-0.05, 0) is 49.4 Å². The topological polar surface area (TPSA) is 26.3 Å². The molecule has 0 bridgehead atoms. The zero-order valence-electron chi connectivity index (χ0n) is 18.2. The van der Waals surface area contributed by atoms with Crippen molar-refractivity contribution < 1.29 is 26.5 Å². The van der Waals surface area contributed by atoms with Gasteiger partial charge >= 0.3 is 5.97 Å². The maximum atomic E-state index is 11.4. The monoisotopic (exact) mass is 506 g/mol. The highest BCUT2D eigenvalue weighted by Crippen LogP contribution is 2.55. The van der Waals surface area contributed by atoms with Crippen molar-refractivity contribution >= 4 is 29.1 Å². The van der Waals surface area contributed by atoms with E-state index < -0.39 is 7.26 Å². The molecule has 164 valence electrons. The van der Waals surface area contributed by atoms with Crippen LogP contribution in [0.4, 0.5) is 0 Å². The van der Waals surface area contributed by atoms with Gasteiger partial charge in [0.15, 0.2) is 0 Å². The average Bonchev–Trinajstić information content (AvgIpc) is 2.83. The largest absolute Gasteiger partial charge is 1.00 e. The molecule has 3 aromatic rings. The molecule has 0 saturated heterocycles. The van der Waals surface area contributed by atoms with Gasteiger partial charge in [-0.2, -0.15) is 0 Å². The predicted octanol–water partition coefficient (Wildman–Crippen LogP) is 2.22. The molecule has 0 saturated carbocycles. The molecule has 0 heterocycles. The summed E-state index contributed by atoms with van der Waals surface area (Å²) in [4.78, 5) is 11.4. The molecule has 0 atom stereocenters. The van der Waals surface area contributed by atoms with Crippen LogP contribution in [-0.4, -0.2) is 18.7 Å². The van der Waals surface area contributed by atoms with Gasteiger partial charge in [-0.25, -0.2) is 4.79 Å². The van der Waals surface area contributed by atoms with Crippen molar-refractivity contribution in [3.05, 3.63) is 127 Å². The van der Waals surface area contributed by atoms with Crippen molar-refractivity contribution in [2.75, 3.05) is 12.8 Å². The molecule has 4 heteroatoms. The smallest absolute Gasteiger partial charge is 0.330 e. The van der Waals surface area contributed by atoms with Crippen LogP contribution in [0, 0.1) is 0 Å². The van der Waals surface area contributed by atoms with Gasteiger partial charge in [0, 0.05) is 6.08 Å². The Balaban J connectivity index is 0.00000363. The number of benzene rings is 3. The summed E-state index contributed by atoms with van der Waals surface area (Å²) in [5.41, 5.74) is 0. The van der Waals surface area contributed by atoms with E-state index in [1.54, 1.807) is 13.0 Å². The Kier molecular flexibility index (Phi) is 10.9. The number of hydrogen-bond acceptors (Lipinski definition) is 2. The van der Waals surface area contributed by atoms with Gasteiger partial charge in [0.1, 0.15) is 23.2 Å². The molecule has 0 N–H and O–H groups in total. The SMILES string of the molecule is CCOC(=O)/C=C/C=C/C=C/C[P+](c1ccccc1)(c1ccccc1)c1ccccc1.[Br-]. The maximum Gasteiger partial charge on any atom is 0.330 e. The molecular weight excluding hydrogens is 479 g/mol. The number of carbonyl (C=O) groups is 1. The number of allylic oxidation sites excluding steroid dienone is 5. The number of hydrogen-bond donors (Lipinski definition) is 0. The predicted molar refractivity (Wildman–Crippen MR) is 134 cm³/mol. The first-order valence-corrected chi connectivity index (χ1v) is 12.5. The molecular formula is C28H28BrO2P. The fraction of sp³-hybridized carbons (Fsp3) is 0.107. The fourth-order valence-electron chi connectivity index (χ4n) is 3.56. The molecule has 32 heavy (non-hydrogen) atoms. The third-order valence-corrected chi connectivity index (χ3v) is 9.26. The lowest BCUT2D eigenvalue weighted by Crippen LogP contribution is -3.00. The highest BCUT2D eigenvalue weighted by Gasteiger charge is 2.43. The third-order valence-electron chi connectivity index (χ3n) is 4.96. The first-order chi connectivity index (χ1) is 15.3. The van der Waals surface area contributed by atoms with E-state index in [4.69, 9.17) is 4.74 Å². The second-order valence-corrected chi connectivity index (χ2v) is 10.5. The Labute approximate surface area is 202 Å². The van der Waals surface area contributed by atoms with Gasteiger partial charge in [0.25, 0.3) is 0 Å². The zero-order valence-corrected chi connectivity index (χ0v) is 20.7. The summed E-state index contributed by atoms with van der Waals surface area (Å²) in [7, 11) is -1.85. The van der Waals surface area contributed by atoms with Gasteiger partial charge < -0.3 is 21.7 Å². The lowest BCUT2D eigenvalue weighted by atomic mass is 10.3. The summed E-state index contributed by atoms with van der Waals surface area (Å²) in [5.74, 6) is -0.321. The standard InChI is InChI=1S/C28H28O2P.BrH/c1-2-30-28(29)23-15-4-3-5-16-24-31(25-17-9-6-10-18-25,26-19-11-7-12-20-26)27-21-13-8-14-22-27;/h3-23H,2,24H2,1H3;1H/q+1;/p-1/b4-3+,16-5+,23-15+;. The minimum absolute atomic E-state index is 0. The van der Waals surface area contributed by atoms with Gasteiger partial charge in [0.2, 0.25) is 0 Å². The zero-order chi connectivity index (χ0) is 21.8. The molecule has 0 aliphatic rings. The van der Waals surface area contributed by atoms with Crippen molar-refractivity contribution in [2.24, 2.45) is 0 Å². The Hall–Kier alpha value is -2.74. The molecule has 2 nitrogen and oxygen atoms in total. The lowest BCUT2D eigenvalue weighted by molar-refractivity contribution is -0.137. The van der Waals surface area contributed by atoms with Crippen LogP contribution in [0.1, 0.15) is 6.92 Å². The van der Waals surface area contributed by atoms with E-state index in [0.29, 0.717) is 6.61 Å². The molecule has 0 fully saturated rings. The van der Waals surface area contributed by atoms with Crippen molar-refractivity contribution in [1.29, 1.82) is 0 Å². The fourth-order valence-corrected chi connectivity index (χ4v) is 7.57. The van der Waals surface area contributed by atoms with E-state index >= 15 is 0 Å². The van der Waals surface area contributed by atoms with Crippen LogP contribution in [0.3, 0.4) is 0 Å². The van der Waals surface area contributed by atoms with Crippen LogP contribution in [-0.2, 0) is 9.53 Å². The number of halogens is 1. The molecule has 0 unspecified atom stereocenters. The van der Waals surface area contributed by atoms with Crippen LogP contribution in [0.25, 0.3) is 0 Å². The molecule has 0 aliphatic heterocycles. The Morgan fingerprint density at radius 3 is 1.59 bits per heavy atom. The van der Waals surface area contributed by atoms with E-state index in [2.05, 4.69) is 103 Å². The van der Waals surface area contributed by atoms with Crippen molar-refractivity contribution in [2.45, 2.75) is 6.92 Å². The van der Waals surface area contributed by atoms with E-state index in [0.717, 1.165) is 6.16 Å². The van der Waals surface area contributed by atoms with E-state index in [1.165, 1.54) is 22.0 Å². The van der Waals surface area contributed by atoms with Gasteiger partial charge in [-0.1, -0.05) is 78.9 Å². The summed E-state index contributed by atoms with van der Waals surface area (Å²) in [6, 6.07) is 32.5. The second kappa shape index (κ2) is 13.6. The van der Waals surface area contributed by atoms with Crippen LogP contribution < -0.4 is 32.9 Å². The lowest BCUT2D eigenvalue weighted by Gasteiger charge is -2.26. The first kappa shape index (κ1) is 25.5. The van der Waals surface area contributed by atoms with Crippen LogP contribution in [0.15, 0.2) is 127 Å². The Bertz CT molecular complexity index is 932. The normalized spacial score (nSPS) is 11.7. The Morgan fingerprint density at radius 1 is 0.719 bits per heavy atom. The van der Waals surface area contributed by atoms with Crippen molar-refractivity contribution in [3.8, 4) is 0 Å². The van der Waals surface area contributed by atoms with E-state index in [1.807, 2.05) is 12.2 Å². The van der Waals surface area contributed by atoms with Gasteiger partial charge in [-0.3, -0.25) is 0 Å². The minimum atomic E-state index is -1.85. The third kappa shape index (κ3) is 6.63. The van der Waals surface area contributed by atoms with Crippen LogP contribution >= 0.6 is 7.26 Å². The number of carbonyl (C=O) groups excluding carboxylic acids is 1. The number of rotatable bonds is 9. The van der Waals surface area contributed by atoms with E-state index in [-0.39, 0.29) is 23.0 Å². The summed E-state index contributed by atoms with van der Waals surface area (Å²) in [5, 5.41) is 4.09. The summed E-state index contributed by atoms with van der Waals surface area (Å²) >= 11 is 0. The molecule has 0 amide bonds. The van der Waals surface area contributed by atoms with Gasteiger partial charge in [0.05, 0.1) is 12.8 Å². The number of ether oxygens (including phenoxy) is 1. The average molecular weight is 507 g/mol. The van der Waals surface area contributed by atoms with E-state index in [9.17, 15) is 4.79 Å². The molecule has 3 rings (SSSR count). The molecule has 0 spiro atoms. The highest BCUT2D eigenvalue weighted by atomic mass is 79.9. The van der Waals surface area contributed by atoms with Crippen LogP contribution in [0.5, 0.6) is 0 Å². The van der Waals surface area contributed by atoms with Crippen LogP contribution in [0.2, 0.25) is 0 Å². The second-order valence-electron chi connectivity index (χ2n) is 6.92. The summed E-state index contributed by atoms with van der Waals surface area (Å²) in [6.07, 6.45) is 12.1.